The van der Waals surface area contributed by atoms with Gasteiger partial charge in [-0.15, -0.1) is 0 Å². The summed E-state index contributed by atoms with van der Waals surface area (Å²) in [7, 11) is 0. The second kappa shape index (κ2) is 9.20. The van der Waals surface area contributed by atoms with Crippen LogP contribution in [0, 0.1) is 12.8 Å². The third-order valence-electron chi connectivity index (χ3n) is 4.43. The number of hydrogen-bond acceptors (Lipinski definition) is 3. The van der Waals surface area contributed by atoms with Gasteiger partial charge in [0.2, 0.25) is 11.8 Å². The molecule has 2 amide bonds. The van der Waals surface area contributed by atoms with Gasteiger partial charge in [-0.1, -0.05) is 43.7 Å². The van der Waals surface area contributed by atoms with Crippen molar-refractivity contribution in [2.24, 2.45) is 5.92 Å². The molecule has 1 aromatic carbocycles. The highest BCUT2D eigenvalue weighted by Crippen LogP contribution is 2.20. The van der Waals surface area contributed by atoms with Crippen molar-refractivity contribution in [3.8, 4) is 0 Å². The Labute approximate surface area is 149 Å². The number of carboxylic acids is 1. The Kier molecular flexibility index (Phi) is 7.61. The monoisotopic (exact) mass is 348 g/mol. The van der Waals surface area contributed by atoms with Gasteiger partial charge in [0.25, 0.3) is 0 Å². The maximum atomic E-state index is 12.0. The molecule has 6 heteroatoms. The molecule has 3 N–H and O–H groups in total. The van der Waals surface area contributed by atoms with Gasteiger partial charge in [-0.05, 0) is 31.7 Å². The molecule has 0 bridgehead atoms. The number of rotatable bonds is 9. The van der Waals surface area contributed by atoms with Crippen LogP contribution in [0.1, 0.15) is 44.7 Å². The molecule has 0 aliphatic carbocycles. The summed E-state index contributed by atoms with van der Waals surface area (Å²) in [5.74, 6) is -1.62. The van der Waals surface area contributed by atoms with Crippen molar-refractivity contribution in [2.45, 2.75) is 52.5 Å². The molecule has 0 saturated heterocycles. The van der Waals surface area contributed by atoms with E-state index in [0.717, 1.165) is 5.56 Å². The highest BCUT2D eigenvalue weighted by atomic mass is 16.4. The number of hydrogen-bond donors (Lipinski definition) is 3. The van der Waals surface area contributed by atoms with E-state index in [1.807, 2.05) is 45.0 Å². The average Bonchev–Trinajstić information content (AvgIpc) is 2.51. The topological polar surface area (TPSA) is 95.5 Å². The zero-order chi connectivity index (χ0) is 19.0. The predicted molar refractivity (Wildman–Crippen MR) is 96.1 cm³/mol. The Balaban J connectivity index is 2.42. The van der Waals surface area contributed by atoms with Gasteiger partial charge in [0.05, 0.1) is 18.5 Å². The molecule has 1 rings (SSSR count). The first-order valence-corrected chi connectivity index (χ1v) is 8.47. The average molecular weight is 348 g/mol. The summed E-state index contributed by atoms with van der Waals surface area (Å²) >= 11 is 0. The van der Waals surface area contributed by atoms with E-state index in [0.29, 0.717) is 12.8 Å². The highest BCUT2D eigenvalue weighted by Gasteiger charge is 2.32. The fraction of sp³-hybridized carbons (Fsp3) is 0.526. The molecule has 0 spiro atoms. The molecular formula is C19H28N2O4. The lowest BCUT2D eigenvalue weighted by atomic mass is 9.85. The number of amides is 2. The summed E-state index contributed by atoms with van der Waals surface area (Å²) < 4.78 is 0. The Morgan fingerprint density at radius 3 is 2.24 bits per heavy atom. The summed E-state index contributed by atoms with van der Waals surface area (Å²) in [5.41, 5.74) is 1.38. The highest BCUT2D eigenvalue weighted by molar-refractivity contribution is 5.85. The predicted octanol–water partition coefficient (Wildman–Crippen LogP) is 2.05. The third kappa shape index (κ3) is 7.37. The van der Waals surface area contributed by atoms with Crippen LogP contribution in [0.25, 0.3) is 0 Å². The molecule has 0 heterocycles. The largest absolute Gasteiger partial charge is 0.481 e. The Hall–Kier alpha value is -2.37. The lowest BCUT2D eigenvalue weighted by Crippen LogP contribution is -2.53. The molecule has 1 atom stereocenters. The van der Waals surface area contributed by atoms with Crippen LogP contribution >= 0.6 is 0 Å². The zero-order valence-corrected chi connectivity index (χ0v) is 15.4. The maximum Gasteiger partial charge on any atom is 0.305 e. The number of nitrogens with one attached hydrogen (secondary N) is 2. The number of carboxylic acid groups (broad SMARTS) is 1. The molecule has 138 valence electrons. The summed E-state index contributed by atoms with van der Waals surface area (Å²) in [6.07, 6.45) is 0.737. The minimum Gasteiger partial charge on any atom is -0.481 e. The summed E-state index contributed by atoms with van der Waals surface area (Å²) in [4.78, 5) is 34.9. The molecule has 6 nitrogen and oxygen atoms in total. The van der Waals surface area contributed by atoms with Gasteiger partial charge >= 0.3 is 5.97 Å². The van der Waals surface area contributed by atoms with Gasteiger partial charge in [-0.25, -0.2) is 0 Å². The molecule has 1 unspecified atom stereocenters. The molecule has 25 heavy (non-hydrogen) atoms. The smallest absolute Gasteiger partial charge is 0.305 e. The van der Waals surface area contributed by atoms with E-state index in [1.54, 1.807) is 6.92 Å². The van der Waals surface area contributed by atoms with Crippen LogP contribution in [0.4, 0.5) is 0 Å². The quantitative estimate of drug-likeness (QED) is 0.636. The van der Waals surface area contributed by atoms with Crippen molar-refractivity contribution in [3.05, 3.63) is 35.4 Å². The van der Waals surface area contributed by atoms with Crippen LogP contribution in [0.5, 0.6) is 0 Å². The van der Waals surface area contributed by atoms with Crippen LogP contribution in [-0.2, 0) is 20.8 Å². The van der Waals surface area contributed by atoms with Crippen LogP contribution in [0.15, 0.2) is 24.3 Å². The second-order valence-corrected chi connectivity index (χ2v) is 6.95. The van der Waals surface area contributed by atoms with E-state index < -0.39 is 11.5 Å². The molecule has 1 aromatic rings. The first-order valence-electron chi connectivity index (χ1n) is 8.47. The van der Waals surface area contributed by atoms with Crippen LogP contribution < -0.4 is 10.6 Å². The summed E-state index contributed by atoms with van der Waals surface area (Å²) in [6.45, 7) is 7.24. The number of benzene rings is 1. The van der Waals surface area contributed by atoms with Crippen LogP contribution in [0.3, 0.4) is 0 Å². The van der Waals surface area contributed by atoms with E-state index in [4.69, 9.17) is 5.11 Å². The number of carbonyl (C=O) groups is 3. The molecule has 0 radical (unpaired) electrons. The molecule has 0 aliphatic heterocycles. The minimum atomic E-state index is -0.973. The zero-order valence-electron chi connectivity index (χ0n) is 15.4. The standard InChI is InChI=1S/C19H28N2O4/c1-13(2)19(4,11-18(24)25)21-17(23)12-20-16(22)10-9-15-7-5-14(3)6-8-15/h5-8,13H,9-12H2,1-4H3,(H,20,22)(H,21,23)(H,24,25). The minimum absolute atomic E-state index is 0.0511. The number of aryl methyl sites for hydroxylation is 2. The Morgan fingerprint density at radius 2 is 1.72 bits per heavy atom. The van der Waals surface area contributed by atoms with Crippen molar-refractivity contribution in [3.63, 3.8) is 0 Å². The molecule has 0 saturated carbocycles. The van der Waals surface area contributed by atoms with Gasteiger partial charge in [0, 0.05) is 6.42 Å². The van der Waals surface area contributed by atoms with Crippen molar-refractivity contribution in [2.75, 3.05) is 6.54 Å². The molecule has 0 aromatic heterocycles. The van der Waals surface area contributed by atoms with Crippen molar-refractivity contribution < 1.29 is 19.5 Å². The first-order chi connectivity index (χ1) is 11.6. The molecule has 0 aliphatic rings. The van der Waals surface area contributed by atoms with Gasteiger partial charge < -0.3 is 15.7 Å². The van der Waals surface area contributed by atoms with E-state index in [9.17, 15) is 14.4 Å². The van der Waals surface area contributed by atoms with Crippen molar-refractivity contribution in [1.82, 2.24) is 10.6 Å². The molecule has 0 fully saturated rings. The number of aliphatic carboxylic acids is 1. The summed E-state index contributed by atoms with van der Waals surface area (Å²) in [5, 5.41) is 14.3. The summed E-state index contributed by atoms with van der Waals surface area (Å²) in [6, 6.07) is 7.95. The van der Waals surface area contributed by atoms with Crippen molar-refractivity contribution >= 4 is 17.8 Å². The van der Waals surface area contributed by atoms with Gasteiger partial charge in [-0.3, -0.25) is 14.4 Å². The lowest BCUT2D eigenvalue weighted by Gasteiger charge is -2.33. The second-order valence-electron chi connectivity index (χ2n) is 6.95. The fourth-order valence-electron chi connectivity index (χ4n) is 2.35. The van der Waals surface area contributed by atoms with Gasteiger partial charge in [-0.2, -0.15) is 0 Å². The van der Waals surface area contributed by atoms with E-state index in [1.165, 1.54) is 5.56 Å². The third-order valence-corrected chi connectivity index (χ3v) is 4.43. The fourth-order valence-corrected chi connectivity index (χ4v) is 2.35. The maximum absolute atomic E-state index is 12.0. The molecular weight excluding hydrogens is 320 g/mol. The number of carbonyl (C=O) groups excluding carboxylic acids is 2. The van der Waals surface area contributed by atoms with Gasteiger partial charge in [0.15, 0.2) is 0 Å². The SMILES string of the molecule is Cc1ccc(CCC(=O)NCC(=O)NC(C)(CC(=O)O)C(C)C)cc1. The van der Waals surface area contributed by atoms with Crippen molar-refractivity contribution in [1.29, 1.82) is 0 Å². The Morgan fingerprint density at radius 1 is 1.12 bits per heavy atom. The van der Waals surface area contributed by atoms with E-state index in [2.05, 4.69) is 10.6 Å². The van der Waals surface area contributed by atoms with E-state index >= 15 is 0 Å². The van der Waals surface area contributed by atoms with Crippen LogP contribution in [0.2, 0.25) is 0 Å². The first kappa shape index (κ1) is 20.7. The van der Waals surface area contributed by atoms with Crippen LogP contribution in [-0.4, -0.2) is 35.0 Å². The lowest BCUT2D eigenvalue weighted by molar-refractivity contribution is -0.139. The van der Waals surface area contributed by atoms with Gasteiger partial charge in [0.1, 0.15) is 0 Å². The Bertz CT molecular complexity index is 610. The normalized spacial score (nSPS) is 13.2. The van der Waals surface area contributed by atoms with E-state index in [-0.39, 0.29) is 30.7 Å².